The molecule has 5 rings (SSSR count). The second-order valence-electron chi connectivity index (χ2n) is 9.36. The monoisotopic (exact) mass is 498 g/mol. The summed E-state index contributed by atoms with van der Waals surface area (Å²) in [7, 11) is 0. The number of Topliss-reactive ketones (excluding diaryl/α,β-unsaturated/α-hetero) is 1. The van der Waals surface area contributed by atoms with E-state index in [9.17, 15) is 19.1 Å². The summed E-state index contributed by atoms with van der Waals surface area (Å²) >= 11 is 0. The molecule has 1 unspecified atom stereocenters. The number of aliphatic hydroxyl groups is 1. The number of H-pyrrole nitrogens is 1. The molecule has 1 aliphatic heterocycles. The fourth-order valence-electron chi connectivity index (χ4n) is 4.80. The third-order valence-electron chi connectivity index (χ3n) is 6.48. The molecule has 1 saturated heterocycles. The minimum atomic E-state index is -0.815. The first-order chi connectivity index (χ1) is 17.8. The lowest BCUT2D eigenvalue weighted by molar-refractivity contribution is -0.139. The number of amides is 1. The number of hydrogen-bond acceptors (Lipinski definition) is 4. The number of likely N-dealkylation sites (tertiary alicyclic amines) is 1. The van der Waals surface area contributed by atoms with E-state index in [2.05, 4.69) is 4.98 Å². The van der Waals surface area contributed by atoms with Crippen LogP contribution in [0.4, 0.5) is 4.39 Å². The van der Waals surface area contributed by atoms with Gasteiger partial charge >= 0.3 is 0 Å². The van der Waals surface area contributed by atoms with Crippen LogP contribution in [0.15, 0.2) is 84.6 Å². The van der Waals surface area contributed by atoms with Gasteiger partial charge in [0.1, 0.15) is 17.3 Å². The summed E-state index contributed by atoms with van der Waals surface area (Å²) in [6.07, 6.45) is 1.99. The summed E-state index contributed by atoms with van der Waals surface area (Å²) in [4.78, 5) is 31.3. The fraction of sp³-hybridized carbons (Fsp3) is 0.200. The van der Waals surface area contributed by atoms with Gasteiger partial charge in [0.05, 0.1) is 17.7 Å². The van der Waals surface area contributed by atoms with Gasteiger partial charge in [0.15, 0.2) is 0 Å². The molecule has 0 aliphatic carbocycles. The molecule has 0 radical (unpaired) electrons. The lowest BCUT2D eigenvalue weighted by atomic mass is 9.95. The zero-order chi connectivity index (χ0) is 26.1. The molecule has 4 aromatic rings. The Morgan fingerprint density at radius 2 is 1.81 bits per heavy atom. The van der Waals surface area contributed by atoms with Crippen LogP contribution in [0.3, 0.4) is 0 Å². The highest BCUT2D eigenvalue weighted by molar-refractivity contribution is 6.46. The Morgan fingerprint density at radius 1 is 1.05 bits per heavy atom. The van der Waals surface area contributed by atoms with Crippen molar-refractivity contribution >= 4 is 28.4 Å². The first-order valence-corrected chi connectivity index (χ1v) is 12.2. The van der Waals surface area contributed by atoms with Crippen molar-refractivity contribution in [3.05, 3.63) is 107 Å². The minimum absolute atomic E-state index is 0.0237. The van der Waals surface area contributed by atoms with Crippen LogP contribution in [-0.4, -0.2) is 39.3 Å². The first-order valence-electron chi connectivity index (χ1n) is 12.2. The number of para-hydroxylation sites is 1. The van der Waals surface area contributed by atoms with Gasteiger partial charge < -0.3 is 19.7 Å². The van der Waals surface area contributed by atoms with Crippen molar-refractivity contribution < 1.29 is 23.8 Å². The van der Waals surface area contributed by atoms with E-state index < -0.39 is 17.7 Å². The number of aromatic nitrogens is 1. The van der Waals surface area contributed by atoms with Gasteiger partial charge in [0.2, 0.25) is 0 Å². The van der Waals surface area contributed by atoms with Gasteiger partial charge in [-0.25, -0.2) is 4.39 Å². The van der Waals surface area contributed by atoms with E-state index in [0.717, 1.165) is 16.5 Å². The Hall–Kier alpha value is -4.39. The number of fused-ring (bicyclic) bond motifs is 1. The van der Waals surface area contributed by atoms with Gasteiger partial charge in [0.25, 0.3) is 11.7 Å². The van der Waals surface area contributed by atoms with Crippen LogP contribution in [0.1, 0.15) is 36.6 Å². The van der Waals surface area contributed by atoms with Crippen LogP contribution in [0, 0.1) is 5.82 Å². The van der Waals surface area contributed by atoms with Crippen LogP contribution in [0.2, 0.25) is 0 Å². The lowest BCUT2D eigenvalue weighted by Gasteiger charge is -2.26. The smallest absolute Gasteiger partial charge is 0.295 e. The molecule has 188 valence electrons. The summed E-state index contributed by atoms with van der Waals surface area (Å²) in [5, 5.41) is 12.2. The number of aliphatic hydroxyl groups excluding tert-OH is 1. The normalized spacial score (nSPS) is 17.2. The van der Waals surface area contributed by atoms with Crippen LogP contribution < -0.4 is 4.74 Å². The topological polar surface area (TPSA) is 82.6 Å². The Labute approximate surface area is 214 Å². The molecule has 7 heteroatoms. The van der Waals surface area contributed by atoms with Crippen LogP contribution in [-0.2, 0) is 16.0 Å². The maximum atomic E-state index is 13.4. The highest BCUT2D eigenvalue weighted by Gasteiger charge is 2.46. The number of aromatic amines is 1. The summed E-state index contributed by atoms with van der Waals surface area (Å²) < 4.78 is 19.2. The number of hydrogen-bond donors (Lipinski definition) is 2. The molecular weight excluding hydrogens is 471 g/mol. The van der Waals surface area contributed by atoms with Gasteiger partial charge in [-0.2, -0.15) is 0 Å². The molecule has 0 saturated carbocycles. The van der Waals surface area contributed by atoms with E-state index in [0.29, 0.717) is 23.3 Å². The predicted octanol–water partition coefficient (Wildman–Crippen LogP) is 5.76. The largest absolute Gasteiger partial charge is 0.507 e. The van der Waals surface area contributed by atoms with Crippen molar-refractivity contribution in [2.45, 2.75) is 32.4 Å². The van der Waals surface area contributed by atoms with Crippen molar-refractivity contribution in [2.75, 3.05) is 6.54 Å². The van der Waals surface area contributed by atoms with Crippen LogP contribution >= 0.6 is 0 Å². The molecule has 37 heavy (non-hydrogen) atoms. The standard InChI is InChI=1S/C30H27FN2O4/c1-18(2)37-22-7-5-6-20(16-22)27-26(28(34)24-17-32-25-9-4-3-8-23(24)25)29(35)30(36)33(27)15-14-19-10-12-21(31)13-11-19/h3-13,16-18,27,32,34H,14-15H2,1-2H3/b28-26-. The maximum Gasteiger partial charge on any atom is 0.295 e. The molecule has 0 bridgehead atoms. The lowest BCUT2D eigenvalue weighted by Crippen LogP contribution is -2.31. The number of ether oxygens (including phenoxy) is 1. The second-order valence-corrected chi connectivity index (χ2v) is 9.36. The minimum Gasteiger partial charge on any atom is -0.507 e. The van der Waals surface area contributed by atoms with E-state index in [1.807, 2.05) is 50.2 Å². The highest BCUT2D eigenvalue weighted by Crippen LogP contribution is 2.41. The Bertz CT molecular complexity index is 1500. The van der Waals surface area contributed by atoms with Crippen molar-refractivity contribution in [2.24, 2.45) is 0 Å². The number of ketones is 1. The third kappa shape index (κ3) is 4.72. The SMILES string of the molecule is CC(C)Oc1cccc(C2/C(=C(/O)c3c[nH]c4ccccc34)C(=O)C(=O)N2CCc2ccc(F)cc2)c1. The third-order valence-corrected chi connectivity index (χ3v) is 6.48. The summed E-state index contributed by atoms with van der Waals surface area (Å²) in [5.41, 5.74) is 2.76. The van der Waals surface area contributed by atoms with Crippen molar-refractivity contribution in [1.82, 2.24) is 9.88 Å². The van der Waals surface area contributed by atoms with Gasteiger partial charge in [-0.15, -0.1) is 0 Å². The van der Waals surface area contributed by atoms with Crippen molar-refractivity contribution in [3.63, 3.8) is 0 Å². The first kappa shape index (κ1) is 24.3. The fourth-order valence-corrected chi connectivity index (χ4v) is 4.80. The molecule has 1 atom stereocenters. The maximum absolute atomic E-state index is 13.4. The molecule has 0 spiro atoms. The van der Waals surface area contributed by atoms with E-state index in [1.54, 1.807) is 30.5 Å². The quantitative estimate of drug-likeness (QED) is 0.193. The number of halogens is 1. The Kier molecular flexibility index (Phi) is 6.53. The number of nitrogens with one attached hydrogen (secondary N) is 1. The van der Waals surface area contributed by atoms with E-state index in [-0.39, 0.29) is 29.8 Å². The van der Waals surface area contributed by atoms with Gasteiger partial charge in [-0.1, -0.05) is 42.5 Å². The number of benzene rings is 3. The zero-order valence-electron chi connectivity index (χ0n) is 20.6. The summed E-state index contributed by atoms with van der Waals surface area (Å²) in [5.74, 6) is -1.42. The van der Waals surface area contributed by atoms with Crippen molar-refractivity contribution in [3.8, 4) is 5.75 Å². The van der Waals surface area contributed by atoms with E-state index >= 15 is 0 Å². The number of carbonyl (C=O) groups excluding carboxylic acids is 2. The zero-order valence-corrected chi connectivity index (χ0v) is 20.6. The second kappa shape index (κ2) is 9.93. The van der Waals surface area contributed by atoms with Gasteiger partial charge in [0, 0.05) is 29.2 Å². The van der Waals surface area contributed by atoms with E-state index in [1.165, 1.54) is 17.0 Å². The number of rotatable bonds is 7. The van der Waals surface area contributed by atoms with Gasteiger partial charge in [-0.3, -0.25) is 9.59 Å². The molecule has 1 amide bonds. The molecule has 1 aromatic heterocycles. The highest BCUT2D eigenvalue weighted by atomic mass is 19.1. The molecule has 2 N–H and O–H groups in total. The van der Waals surface area contributed by atoms with Crippen LogP contribution in [0.5, 0.6) is 5.75 Å². The molecule has 3 aromatic carbocycles. The van der Waals surface area contributed by atoms with Gasteiger partial charge in [-0.05, 0) is 61.7 Å². The molecule has 2 heterocycles. The summed E-state index contributed by atoms with van der Waals surface area (Å²) in [6.45, 7) is 4.04. The number of carbonyl (C=O) groups is 2. The summed E-state index contributed by atoms with van der Waals surface area (Å²) in [6, 6.07) is 19.9. The molecule has 1 fully saturated rings. The number of nitrogens with zero attached hydrogens (tertiary/aromatic N) is 1. The average Bonchev–Trinajstić information content (AvgIpc) is 3.42. The van der Waals surface area contributed by atoms with Crippen LogP contribution in [0.25, 0.3) is 16.7 Å². The molecule has 1 aliphatic rings. The molecular formula is C30H27FN2O4. The predicted molar refractivity (Wildman–Crippen MR) is 140 cm³/mol. The van der Waals surface area contributed by atoms with Crippen molar-refractivity contribution in [1.29, 1.82) is 0 Å². The molecule has 6 nitrogen and oxygen atoms in total. The van der Waals surface area contributed by atoms with E-state index in [4.69, 9.17) is 4.74 Å². The Morgan fingerprint density at radius 3 is 2.57 bits per heavy atom. The average molecular weight is 499 g/mol. The Balaban J connectivity index is 1.61.